The molecule has 0 fully saturated rings. The van der Waals surface area contributed by atoms with Gasteiger partial charge in [0.25, 0.3) is 5.91 Å². The van der Waals surface area contributed by atoms with Crippen LogP contribution in [0.5, 0.6) is 5.75 Å². The van der Waals surface area contributed by atoms with Gasteiger partial charge in [0.05, 0.1) is 6.42 Å². The number of fused-ring (bicyclic) bond motifs is 1. The predicted molar refractivity (Wildman–Crippen MR) is 79.3 cm³/mol. The zero-order valence-electron chi connectivity index (χ0n) is 11.6. The molecule has 3 rings (SSSR count). The Labute approximate surface area is 126 Å². The number of halogens is 1. The van der Waals surface area contributed by atoms with Gasteiger partial charge in [0, 0.05) is 17.4 Å². The largest absolute Gasteiger partial charge is 0.484 e. The maximum absolute atomic E-state index is 13.0. The fourth-order valence-corrected chi connectivity index (χ4v) is 2.21. The van der Waals surface area contributed by atoms with Crippen LogP contribution in [0.1, 0.15) is 5.56 Å². The summed E-state index contributed by atoms with van der Waals surface area (Å²) < 4.78 is 18.2. The number of carbonyl (C=O) groups excluding carboxylic acids is 2. The molecule has 2 aromatic carbocycles. The lowest BCUT2D eigenvalue weighted by atomic mass is 10.1. The van der Waals surface area contributed by atoms with Crippen LogP contribution >= 0.6 is 0 Å². The first-order valence-electron chi connectivity index (χ1n) is 6.71. The van der Waals surface area contributed by atoms with Gasteiger partial charge in [-0.1, -0.05) is 6.07 Å². The molecular weight excluding hydrogens is 287 g/mol. The van der Waals surface area contributed by atoms with Crippen molar-refractivity contribution in [2.24, 2.45) is 0 Å². The van der Waals surface area contributed by atoms with Gasteiger partial charge in [-0.15, -0.1) is 0 Å². The SMILES string of the molecule is O=C(COc1cccc(F)c1)Nc1ccc2c(c1)CC(=O)N2. The standard InChI is InChI=1S/C16H13FN2O3/c17-11-2-1-3-13(8-11)22-9-16(21)18-12-4-5-14-10(6-12)7-15(20)19-14/h1-6,8H,7,9H2,(H,18,21)(H,19,20). The maximum atomic E-state index is 13.0. The van der Waals surface area contributed by atoms with Crippen LogP contribution in [0, 0.1) is 5.82 Å². The summed E-state index contributed by atoms with van der Waals surface area (Å²) >= 11 is 0. The van der Waals surface area contributed by atoms with Crippen LogP contribution in [0.3, 0.4) is 0 Å². The summed E-state index contributed by atoms with van der Waals surface area (Å²) in [7, 11) is 0. The number of hydrogen-bond acceptors (Lipinski definition) is 3. The van der Waals surface area contributed by atoms with E-state index in [0.29, 0.717) is 17.9 Å². The molecule has 0 atom stereocenters. The summed E-state index contributed by atoms with van der Waals surface area (Å²) in [6.07, 6.45) is 0.304. The van der Waals surface area contributed by atoms with Crippen molar-refractivity contribution in [3.05, 3.63) is 53.8 Å². The van der Waals surface area contributed by atoms with E-state index in [0.717, 1.165) is 11.3 Å². The first-order valence-corrected chi connectivity index (χ1v) is 6.71. The average Bonchev–Trinajstić information content (AvgIpc) is 2.84. The summed E-state index contributed by atoms with van der Waals surface area (Å²) in [6.45, 7) is -0.224. The third-order valence-electron chi connectivity index (χ3n) is 3.18. The first-order chi connectivity index (χ1) is 10.6. The predicted octanol–water partition coefficient (Wildman–Crippen LogP) is 2.34. The van der Waals surface area contributed by atoms with E-state index in [4.69, 9.17) is 4.74 Å². The van der Waals surface area contributed by atoms with E-state index in [2.05, 4.69) is 10.6 Å². The van der Waals surface area contributed by atoms with Crippen LogP contribution in [-0.2, 0) is 16.0 Å². The average molecular weight is 300 g/mol. The molecule has 1 aliphatic heterocycles. The van der Waals surface area contributed by atoms with Crippen molar-refractivity contribution in [3.8, 4) is 5.75 Å². The van der Waals surface area contributed by atoms with Gasteiger partial charge in [0.15, 0.2) is 6.61 Å². The molecule has 0 saturated heterocycles. The van der Waals surface area contributed by atoms with Crippen LogP contribution in [-0.4, -0.2) is 18.4 Å². The topological polar surface area (TPSA) is 67.4 Å². The second kappa shape index (κ2) is 5.85. The van der Waals surface area contributed by atoms with Gasteiger partial charge in [-0.25, -0.2) is 4.39 Å². The number of amides is 2. The molecule has 0 radical (unpaired) electrons. The lowest BCUT2D eigenvalue weighted by Gasteiger charge is -2.08. The third kappa shape index (κ3) is 3.22. The molecule has 0 saturated carbocycles. The summed E-state index contributed by atoms with van der Waals surface area (Å²) in [5.41, 5.74) is 2.19. The van der Waals surface area contributed by atoms with Crippen molar-refractivity contribution in [2.45, 2.75) is 6.42 Å². The van der Waals surface area contributed by atoms with Crippen molar-refractivity contribution in [1.82, 2.24) is 0 Å². The number of carbonyl (C=O) groups is 2. The zero-order chi connectivity index (χ0) is 15.5. The monoisotopic (exact) mass is 300 g/mol. The molecule has 0 aromatic heterocycles. The molecule has 0 bridgehead atoms. The third-order valence-corrected chi connectivity index (χ3v) is 3.18. The van der Waals surface area contributed by atoms with Crippen molar-refractivity contribution in [3.63, 3.8) is 0 Å². The number of benzene rings is 2. The van der Waals surface area contributed by atoms with E-state index in [1.54, 1.807) is 24.3 Å². The highest BCUT2D eigenvalue weighted by atomic mass is 19.1. The van der Waals surface area contributed by atoms with Crippen molar-refractivity contribution in [2.75, 3.05) is 17.2 Å². The van der Waals surface area contributed by atoms with Gasteiger partial charge in [0.2, 0.25) is 5.91 Å². The summed E-state index contributed by atoms with van der Waals surface area (Å²) in [4.78, 5) is 23.1. The number of nitrogens with one attached hydrogen (secondary N) is 2. The molecular formula is C16H13FN2O3. The van der Waals surface area contributed by atoms with Gasteiger partial charge < -0.3 is 15.4 Å². The van der Waals surface area contributed by atoms with E-state index in [1.165, 1.54) is 18.2 Å². The van der Waals surface area contributed by atoms with Crippen molar-refractivity contribution < 1.29 is 18.7 Å². The van der Waals surface area contributed by atoms with Crippen LogP contribution in [0.25, 0.3) is 0 Å². The first kappa shape index (κ1) is 14.1. The number of hydrogen-bond donors (Lipinski definition) is 2. The number of anilines is 2. The van der Waals surface area contributed by atoms with E-state index in [9.17, 15) is 14.0 Å². The van der Waals surface area contributed by atoms with E-state index in [-0.39, 0.29) is 18.4 Å². The number of ether oxygens (including phenoxy) is 1. The van der Waals surface area contributed by atoms with Crippen molar-refractivity contribution in [1.29, 1.82) is 0 Å². The molecule has 6 heteroatoms. The van der Waals surface area contributed by atoms with E-state index < -0.39 is 5.82 Å². The van der Waals surface area contributed by atoms with E-state index in [1.807, 2.05) is 0 Å². The minimum atomic E-state index is -0.423. The van der Waals surface area contributed by atoms with Gasteiger partial charge >= 0.3 is 0 Å². The van der Waals surface area contributed by atoms with Gasteiger partial charge in [0.1, 0.15) is 11.6 Å². The molecule has 1 aliphatic rings. The molecule has 5 nitrogen and oxygen atoms in total. The van der Waals surface area contributed by atoms with Crippen LogP contribution < -0.4 is 15.4 Å². The van der Waals surface area contributed by atoms with Crippen LogP contribution in [0.2, 0.25) is 0 Å². The van der Waals surface area contributed by atoms with Crippen molar-refractivity contribution >= 4 is 23.2 Å². The minimum absolute atomic E-state index is 0.0621. The Morgan fingerprint density at radius 3 is 2.95 bits per heavy atom. The summed E-state index contributed by atoms with van der Waals surface area (Å²) in [5, 5.41) is 5.39. The lowest BCUT2D eigenvalue weighted by molar-refractivity contribution is -0.118. The highest BCUT2D eigenvalue weighted by Gasteiger charge is 2.17. The number of rotatable bonds is 4. The Balaban J connectivity index is 1.58. The molecule has 2 N–H and O–H groups in total. The molecule has 0 unspecified atom stereocenters. The molecule has 0 spiro atoms. The quantitative estimate of drug-likeness (QED) is 0.910. The van der Waals surface area contributed by atoms with Crippen LogP contribution in [0.4, 0.5) is 15.8 Å². The minimum Gasteiger partial charge on any atom is -0.484 e. The smallest absolute Gasteiger partial charge is 0.262 e. The molecule has 1 heterocycles. The molecule has 0 aliphatic carbocycles. The maximum Gasteiger partial charge on any atom is 0.262 e. The Bertz CT molecular complexity index is 746. The summed E-state index contributed by atoms with van der Waals surface area (Å²) in [5.74, 6) is -0.554. The molecule has 112 valence electrons. The second-order valence-corrected chi connectivity index (χ2v) is 4.89. The van der Waals surface area contributed by atoms with Gasteiger partial charge in [-0.3, -0.25) is 9.59 Å². The fraction of sp³-hybridized carbons (Fsp3) is 0.125. The van der Waals surface area contributed by atoms with E-state index >= 15 is 0 Å². The Morgan fingerprint density at radius 2 is 2.14 bits per heavy atom. The zero-order valence-corrected chi connectivity index (χ0v) is 11.6. The lowest BCUT2D eigenvalue weighted by Crippen LogP contribution is -2.20. The second-order valence-electron chi connectivity index (χ2n) is 4.89. The summed E-state index contributed by atoms with van der Waals surface area (Å²) in [6, 6.07) is 10.8. The highest BCUT2D eigenvalue weighted by molar-refractivity contribution is 6.00. The fourth-order valence-electron chi connectivity index (χ4n) is 2.21. The molecule has 2 aromatic rings. The Morgan fingerprint density at radius 1 is 1.27 bits per heavy atom. The Hall–Kier alpha value is -2.89. The Kier molecular flexibility index (Phi) is 3.74. The van der Waals surface area contributed by atoms with Gasteiger partial charge in [-0.2, -0.15) is 0 Å². The molecule has 22 heavy (non-hydrogen) atoms. The highest BCUT2D eigenvalue weighted by Crippen LogP contribution is 2.25. The van der Waals surface area contributed by atoms with Gasteiger partial charge in [-0.05, 0) is 35.9 Å². The normalized spacial score (nSPS) is 12.5. The molecule has 2 amide bonds. The van der Waals surface area contributed by atoms with Crippen LogP contribution in [0.15, 0.2) is 42.5 Å².